The van der Waals surface area contributed by atoms with Gasteiger partial charge in [0.15, 0.2) is 6.61 Å². The van der Waals surface area contributed by atoms with Gasteiger partial charge in [-0.15, -0.1) is 0 Å². The Morgan fingerprint density at radius 1 is 1.19 bits per heavy atom. The smallest absolute Gasteiger partial charge is 0.349 e. The van der Waals surface area contributed by atoms with Gasteiger partial charge >= 0.3 is 5.97 Å². The number of para-hydroxylation sites is 2. The van der Waals surface area contributed by atoms with Crippen molar-refractivity contribution in [2.45, 2.75) is 26.4 Å². The summed E-state index contributed by atoms with van der Waals surface area (Å²) < 4.78 is 10.5. The number of rotatable bonds is 7. The quantitative estimate of drug-likeness (QED) is 0.646. The van der Waals surface area contributed by atoms with Crippen molar-refractivity contribution in [1.82, 2.24) is 10.6 Å². The minimum absolute atomic E-state index is 0.00772. The third-order valence-corrected chi connectivity index (χ3v) is 3.78. The van der Waals surface area contributed by atoms with Crippen molar-refractivity contribution in [3.8, 4) is 5.75 Å². The Bertz CT molecular complexity index is 721. The van der Waals surface area contributed by atoms with Crippen LogP contribution in [0.2, 0.25) is 0 Å². The number of amides is 3. The summed E-state index contributed by atoms with van der Waals surface area (Å²) in [5, 5.41) is 4.97. The summed E-state index contributed by atoms with van der Waals surface area (Å²) in [6, 6.07) is 6.85. The number of anilines is 1. The Kier molecular flexibility index (Phi) is 7.16. The maximum atomic E-state index is 12.2. The van der Waals surface area contributed by atoms with Crippen molar-refractivity contribution >= 4 is 29.4 Å². The van der Waals surface area contributed by atoms with Crippen LogP contribution in [0.25, 0.3) is 0 Å². The molecule has 3 amide bonds. The van der Waals surface area contributed by atoms with Crippen LogP contribution in [0.5, 0.6) is 5.75 Å². The van der Waals surface area contributed by atoms with Gasteiger partial charge in [0, 0.05) is 13.5 Å². The van der Waals surface area contributed by atoms with Gasteiger partial charge in [-0.25, -0.2) is 4.79 Å². The Labute approximate surface area is 157 Å². The second-order valence-corrected chi connectivity index (χ2v) is 5.94. The Morgan fingerprint density at radius 2 is 1.93 bits per heavy atom. The Hall–Kier alpha value is -3.10. The van der Waals surface area contributed by atoms with Gasteiger partial charge in [-0.05, 0) is 18.6 Å². The predicted molar refractivity (Wildman–Crippen MR) is 96.2 cm³/mol. The molecule has 1 heterocycles. The van der Waals surface area contributed by atoms with Gasteiger partial charge in [0.25, 0.3) is 5.91 Å². The van der Waals surface area contributed by atoms with Crippen LogP contribution in [0, 0.1) is 0 Å². The fraction of sp³-hybridized carbons (Fsp3) is 0.444. The van der Waals surface area contributed by atoms with Gasteiger partial charge in [0.1, 0.15) is 5.75 Å². The summed E-state index contributed by atoms with van der Waals surface area (Å²) in [7, 11) is 0. The standard InChI is InChI=1S/C18H23N3O6/c1-3-8-19-16(23)9-20-17(24)11-26-18(25)15-10-21(12(2)22)13-6-4-5-7-14(13)27-15/h4-7,15H,3,8-11H2,1-2H3,(H,19,23)(H,20,24)/t15-/m0/s1. The molecule has 1 aromatic rings. The van der Waals surface area contributed by atoms with E-state index in [9.17, 15) is 19.2 Å². The number of ether oxygens (including phenoxy) is 2. The molecule has 1 aliphatic heterocycles. The topological polar surface area (TPSA) is 114 Å². The van der Waals surface area contributed by atoms with E-state index in [4.69, 9.17) is 9.47 Å². The molecular formula is C18H23N3O6. The van der Waals surface area contributed by atoms with Crippen molar-refractivity contribution in [2.75, 3.05) is 31.1 Å². The number of hydrogen-bond donors (Lipinski definition) is 2. The summed E-state index contributed by atoms with van der Waals surface area (Å²) in [5.74, 6) is -1.53. The molecule has 1 aliphatic rings. The molecule has 1 aromatic carbocycles. The zero-order valence-electron chi connectivity index (χ0n) is 15.3. The summed E-state index contributed by atoms with van der Waals surface area (Å²) in [6.45, 7) is 3.09. The molecule has 2 N–H and O–H groups in total. The minimum Gasteiger partial charge on any atom is -0.475 e. The highest BCUT2D eigenvalue weighted by Crippen LogP contribution is 2.33. The van der Waals surface area contributed by atoms with Gasteiger partial charge in [-0.1, -0.05) is 19.1 Å². The summed E-state index contributed by atoms with van der Waals surface area (Å²) in [6.07, 6.45) is -0.247. The molecule has 146 valence electrons. The van der Waals surface area contributed by atoms with E-state index in [1.54, 1.807) is 24.3 Å². The lowest BCUT2D eigenvalue weighted by atomic mass is 10.2. The number of hydrogen-bond acceptors (Lipinski definition) is 6. The largest absolute Gasteiger partial charge is 0.475 e. The average Bonchev–Trinajstić information content (AvgIpc) is 2.67. The molecule has 0 unspecified atom stereocenters. The number of carbonyl (C=O) groups excluding carboxylic acids is 4. The second kappa shape index (κ2) is 9.56. The number of nitrogens with zero attached hydrogens (tertiary/aromatic N) is 1. The zero-order valence-corrected chi connectivity index (χ0v) is 15.3. The van der Waals surface area contributed by atoms with E-state index in [0.717, 1.165) is 6.42 Å². The number of esters is 1. The highest BCUT2D eigenvalue weighted by Gasteiger charge is 2.33. The monoisotopic (exact) mass is 377 g/mol. The molecule has 9 heteroatoms. The predicted octanol–water partition coefficient (Wildman–Crippen LogP) is -0.0139. The lowest BCUT2D eigenvalue weighted by molar-refractivity contribution is -0.155. The van der Waals surface area contributed by atoms with Crippen LogP contribution >= 0.6 is 0 Å². The molecule has 0 aliphatic carbocycles. The molecule has 0 saturated heterocycles. The molecule has 2 rings (SSSR count). The highest BCUT2D eigenvalue weighted by atomic mass is 16.6. The first-order valence-electron chi connectivity index (χ1n) is 8.66. The Balaban J connectivity index is 1.85. The van der Waals surface area contributed by atoms with Crippen molar-refractivity contribution < 1.29 is 28.7 Å². The fourth-order valence-corrected chi connectivity index (χ4v) is 2.44. The van der Waals surface area contributed by atoms with Crippen LogP contribution in [-0.2, 0) is 23.9 Å². The Morgan fingerprint density at radius 3 is 2.63 bits per heavy atom. The van der Waals surface area contributed by atoms with E-state index in [2.05, 4.69) is 10.6 Å². The third kappa shape index (κ3) is 5.70. The van der Waals surface area contributed by atoms with E-state index >= 15 is 0 Å². The maximum Gasteiger partial charge on any atom is 0.349 e. The van der Waals surface area contributed by atoms with Crippen LogP contribution in [-0.4, -0.2) is 56.0 Å². The second-order valence-electron chi connectivity index (χ2n) is 5.94. The third-order valence-electron chi connectivity index (χ3n) is 3.78. The maximum absolute atomic E-state index is 12.2. The number of nitrogens with one attached hydrogen (secondary N) is 2. The van der Waals surface area contributed by atoms with Crippen molar-refractivity contribution in [2.24, 2.45) is 0 Å². The van der Waals surface area contributed by atoms with Gasteiger partial charge in [0.05, 0.1) is 18.8 Å². The van der Waals surface area contributed by atoms with E-state index in [-0.39, 0.29) is 24.9 Å². The van der Waals surface area contributed by atoms with Gasteiger partial charge in [0.2, 0.25) is 17.9 Å². The van der Waals surface area contributed by atoms with E-state index in [1.807, 2.05) is 6.92 Å². The lowest BCUT2D eigenvalue weighted by Gasteiger charge is -2.33. The minimum atomic E-state index is -1.04. The molecule has 0 fully saturated rings. The number of benzene rings is 1. The molecule has 0 aromatic heterocycles. The molecule has 0 saturated carbocycles. The highest BCUT2D eigenvalue weighted by molar-refractivity contribution is 5.95. The summed E-state index contributed by atoms with van der Waals surface area (Å²) in [4.78, 5) is 48.6. The molecule has 0 spiro atoms. The zero-order chi connectivity index (χ0) is 19.8. The van der Waals surface area contributed by atoms with Crippen molar-refractivity contribution in [1.29, 1.82) is 0 Å². The van der Waals surface area contributed by atoms with Crippen LogP contribution in [0.3, 0.4) is 0 Å². The number of carbonyl (C=O) groups is 4. The van der Waals surface area contributed by atoms with Crippen LogP contribution in [0.4, 0.5) is 5.69 Å². The first kappa shape index (κ1) is 20.2. The van der Waals surface area contributed by atoms with Crippen molar-refractivity contribution in [3.05, 3.63) is 24.3 Å². The first-order chi connectivity index (χ1) is 12.9. The SMILES string of the molecule is CCCNC(=O)CNC(=O)COC(=O)[C@@H]1CN(C(C)=O)c2ccccc2O1. The first-order valence-corrected chi connectivity index (χ1v) is 8.66. The summed E-state index contributed by atoms with van der Waals surface area (Å²) in [5.41, 5.74) is 0.574. The van der Waals surface area contributed by atoms with Gasteiger partial charge in [-0.3, -0.25) is 14.4 Å². The van der Waals surface area contributed by atoms with Crippen LogP contribution in [0.1, 0.15) is 20.3 Å². The molecule has 9 nitrogen and oxygen atoms in total. The van der Waals surface area contributed by atoms with Crippen molar-refractivity contribution in [3.63, 3.8) is 0 Å². The number of fused-ring (bicyclic) bond motifs is 1. The average molecular weight is 377 g/mol. The summed E-state index contributed by atoms with van der Waals surface area (Å²) >= 11 is 0. The molecule has 0 radical (unpaired) electrons. The lowest BCUT2D eigenvalue weighted by Crippen LogP contribution is -2.47. The van der Waals surface area contributed by atoms with E-state index in [0.29, 0.717) is 18.0 Å². The molecular weight excluding hydrogens is 354 g/mol. The fourth-order valence-electron chi connectivity index (χ4n) is 2.44. The van der Waals surface area contributed by atoms with Crippen LogP contribution in [0.15, 0.2) is 24.3 Å². The molecule has 0 bridgehead atoms. The normalized spacial score (nSPS) is 15.2. The van der Waals surface area contributed by atoms with E-state index in [1.165, 1.54) is 11.8 Å². The van der Waals surface area contributed by atoms with Gasteiger partial charge in [-0.2, -0.15) is 0 Å². The molecule has 27 heavy (non-hydrogen) atoms. The van der Waals surface area contributed by atoms with Gasteiger partial charge < -0.3 is 25.0 Å². The van der Waals surface area contributed by atoms with E-state index < -0.39 is 24.6 Å². The van der Waals surface area contributed by atoms with Crippen LogP contribution < -0.4 is 20.3 Å². The molecule has 1 atom stereocenters.